The van der Waals surface area contributed by atoms with Crippen molar-refractivity contribution in [2.75, 3.05) is 5.32 Å². The fourth-order valence-electron chi connectivity index (χ4n) is 4.86. The van der Waals surface area contributed by atoms with E-state index in [9.17, 15) is 54.6 Å². The number of rotatable bonds is 9. The van der Waals surface area contributed by atoms with Gasteiger partial charge in [-0.05, 0) is 43.7 Å². The smallest absolute Gasteiger partial charge is 0.417 e. The molecule has 2 unspecified atom stereocenters. The standard InChI is InChI=1S/C29H25F8N5O4/c1-4-21(29(35,36)37)39-14-10-18(30)23(19(31)11-14)25(43)40-20(27(45)46)12-15-5-6-16(24-38-7-8-42(15)24)22-17(28(32,33)34)9-13(2)41(3)26(22)44/h5-11,20-21,39H,4,12H2,1-3H3,(H,40,43)(H,45,46). The summed E-state index contributed by atoms with van der Waals surface area (Å²) in [7, 11) is 1.29. The Balaban J connectivity index is 1.67. The fraction of sp³-hybridized carbons (Fsp3) is 0.310. The van der Waals surface area contributed by atoms with E-state index in [2.05, 4.69) is 4.98 Å². The largest absolute Gasteiger partial charge is 0.480 e. The van der Waals surface area contributed by atoms with E-state index < -0.39 is 88.7 Å². The van der Waals surface area contributed by atoms with Crippen LogP contribution in [-0.2, 0) is 24.4 Å². The molecular weight excluding hydrogens is 634 g/mol. The van der Waals surface area contributed by atoms with Gasteiger partial charge in [-0.25, -0.2) is 18.6 Å². The lowest BCUT2D eigenvalue weighted by atomic mass is 9.99. The highest BCUT2D eigenvalue weighted by atomic mass is 19.4. The molecule has 2 atom stereocenters. The van der Waals surface area contributed by atoms with Gasteiger partial charge < -0.3 is 24.7 Å². The van der Waals surface area contributed by atoms with Gasteiger partial charge in [0.05, 0.1) is 11.1 Å². The zero-order valence-corrected chi connectivity index (χ0v) is 24.1. The SMILES string of the molecule is CCC(Nc1cc(F)c(C(=O)NC(Cc2ccc(-c3c(C(F)(F)F)cc(C)n(C)c3=O)c3nccn23)C(=O)O)c(F)c1)C(F)(F)F. The quantitative estimate of drug-likeness (QED) is 0.205. The van der Waals surface area contributed by atoms with Gasteiger partial charge in [0.2, 0.25) is 0 Å². The Morgan fingerprint density at radius 1 is 1.04 bits per heavy atom. The lowest BCUT2D eigenvalue weighted by Crippen LogP contribution is -2.43. The first-order valence-electron chi connectivity index (χ1n) is 13.4. The zero-order chi connectivity index (χ0) is 34.3. The van der Waals surface area contributed by atoms with Crippen molar-refractivity contribution in [3.63, 3.8) is 0 Å². The Bertz CT molecular complexity index is 1860. The van der Waals surface area contributed by atoms with Crippen LogP contribution in [0, 0.1) is 18.6 Å². The zero-order valence-electron chi connectivity index (χ0n) is 24.1. The number of carboxylic acids is 1. The molecule has 0 bridgehead atoms. The monoisotopic (exact) mass is 659 g/mol. The number of nitrogens with one attached hydrogen (secondary N) is 2. The average Bonchev–Trinajstić information content (AvgIpc) is 3.43. The lowest BCUT2D eigenvalue weighted by molar-refractivity contribution is -0.143. The van der Waals surface area contributed by atoms with Crippen molar-refractivity contribution in [1.29, 1.82) is 0 Å². The van der Waals surface area contributed by atoms with Crippen LogP contribution in [-0.4, -0.2) is 49.2 Å². The van der Waals surface area contributed by atoms with Gasteiger partial charge in [0.1, 0.15) is 34.9 Å². The first kappa shape index (κ1) is 33.9. The average molecular weight is 660 g/mol. The molecule has 1 aromatic carbocycles. The highest BCUT2D eigenvalue weighted by molar-refractivity contribution is 5.97. The number of halogens is 8. The molecule has 0 saturated heterocycles. The van der Waals surface area contributed by atoms with Crippen molar-refractivity contribution < 1.29 is 49.8 Å². The van der Waals surface area contributed by atoms with Gasteiger partial charge in [0, 0.05) is 48.5 Å². The molecule has 0 aliphatic heterocycles. The van der Waals surface area contributed by atoms with Crippen LogP contribution >= 0.6 is 0 Å². The van der Waals surface area contributed by atoms with E-state index in [4.69, 9.17) is 0 Å². The molecule has 4 rings (SSSR count). The number of pyridine rings is 2. The number of carbonyl (C=O) groups is 2. The number of hydrogen-bond acceptors (Lipinski definition) is 5. The van der Waals surface area contributed by atoms with Crippen LogP contribution in [0.1, 0.15) is 40.7 Å². The number of aliphatic carboxylic acids is 1. The number of anilines is 1. The number of amides is 1. The summed E-state index contributed by atoms with van der Waals surface area (Å²) in [6.45, 7) is 2.52. The molecule has 0 radical (unpaired) electrons. The fourth-order valence-corrected chi connectivity index (χ4v) is 4.86. The minimum Gasteiger partial charge on any atom is -0.480 e. The van der Waals surface area contributed by atoms with E-state index in [0.29, 0.717) is 12.1 Å². The molecule has 46 heavy (non-hydrogen) atoms. The normalized spacial score (nSPS) is 13.5. The molecule has 3 aromatic heterocycles. The van der Waals surface area contributed by atoms with E-state index in [-0.39, 0.29) is 22.6 Å². The number of nitrogens with zero attached hydrogens (tertiary/aromatic N) is 3. The number of carbonyl (C=O) groups excluding carboxylic acids is 1. The molecular formula is C29H25F8N5O4. The maximum atomic E-state index is 14.8. The van der Waals surface area contributed by atoms with Gasteiger partial charge in [0.25, 0.3) is 11.5 Å². The molecule has 3 heterocycles. The molecule has 0 fully saturated rings. The first-order chi connectivity index (χ1) is 21.3. The summed E-state index contributed by atoms with van der Waals surface area (Å²) in [5.74, 6) is -6.33. The number of alkyl halides is 6. The second kappa shape index (κ2) is 12.4. The van der Waals surface area contributed by atoms with E-state index in [0.717, 1.165) is 16.7 Å². The Hall–Kier alpha value is -4.96. The molecule has 17 heteroatoms. The van der Waals surface area contributed by atoms with Crippen LogP contribution in [0.2, 0.25) is 0 Å². The lowest BCUT2D eigenvalue weighted by Gasteiger charge is -2.22. The minimum absolute atomic E-state index is 0.0438. The van der Waals surface area contributed by atoms with Crippen LogP contribution in [0.4, 0.5) is 40.8 Å². The van der Waals surface area contributed by atoms with Gasteiger partial charge in [-0.1, -0.05) is 6.92 Å². The Kier molecular flexibility index (Phi) is 9.17. The highest BCUT2D eigenvalue weighted by Gasteiger charge is 2.39. The number of imidazole rings is 1. The van der Waals surface area contributed by atoms with E-state index in [1.165, 1.54) is 43.8 Å². The van der Waals surface area contributed by atoms with Crippen molar-refractivity contribution in [1.82, 2.24) is 19.3 Å². The summed E-state index contributed by atoms with van der Waals surface area (Å²) in [4.78, 5) is 41.9. The molecule has 0 aliphatic rings. The number of hydrogen-bond donors (Lipinski definition) is 3. The Morgan fingerprint density at radius 2 is 1.67 bits per heavy atom. The maximum Gasteiger partial charge on any atom is 0.417 e. The summed E-state index contributed by atoms with van der Waals surface area (Å²) in [6, 6.07) is 0.0734. The highest BCUT2D eigenvalue weighted by Crippen LogP contribution is 2.37. The van der Waals surface area contributed by atoms with Crippen LogP contribution < -0.4 is 16.2 Å². The van der Waals surface area contributed by atoms with E-state index in [1.54, 1.807) is 0 Å². The Morgan fingerprint density at radius 3 is 2.22 bits per heavy atom. The number of aromatic nitrogens is 3. The molecule has 1 amide bonds. The second-order valence-electron chi connectivity index (χ2n) is 10.3. The number of benzene rings is 1. The molecule has 9 nitrogen and oxygen atoms in total. The first-order valence-corrected chi connectivity index (χ1v) is 13.4. The van der Waals surface area contributed by atoms with Crippen molar-refractivity contribution in [3.05, 3.63) is 87.2 Å². The van der Waals surface area contributed by atoms with Gasteiger partial charge in [-0.3, -0.25) is 9.59 Å². The Labute approximate surface area is 254 Å². The van der Waals surface area contributed by atoms with E-state index >= 15 is 0 Å². The molecule has 0 aliphatic carbocycles. The molecule has 0 spiro atoms. The number of aryl methyl sites for hydroxylation is 1. The summed E-state index contributed by atoms with van der Waals surface area (Å²) >= 11 is 0. The molecule has 0 saturated carbocycles. The maximum absolute atomic E-state index is 14.8. The summed E-state index contributed by atoms with van der Waals surface area (Å²) in [6.07, 6.45) is -8.23. The van der Waals surface area contributed by atoms with Crippen LogP contribution in [0.25, 0.3) is 16.8 Å². The third-order valence-electron chi connectivity index (χ3n) is 7.31. The van der Waals surface area contributed by atoms with Crippen molar-refractivity contribution in [2.24, 2.45) is 7.05 Å². The van der Waals surface area contributed by atoms with Gasteiger partial charge in [-0.15, -0.1) is 0 Å². The van der Waals surface area contributed by atoms with E-state index in [1.807, 2.05) is 10.6 Å². The summed E-state index contributed by atoms with van der Waals surface area (Å²) in [5, 5.41) is 13.7. The molecule has 4 aromatic rings. The van der Waals surface area contributed by atoms with Crippen LogP contribution in [0.3, 0.4) is 0 Å². The van der Waals surface area contributed by atoms with Crippen LogP contribution in [0.15, 0.2) is 47.5 Å². The van der Waals surface area contributed by atoms with Crippen LogP contribution in [0.5, 0.6) is 0 Å². The number of carboxylic acid groups (broad SMARTS) is 1. The topological polar surface area (TPSA) is 118 Å². The van der Waals surface area contributed by atoms with Crippen molar-refractivity contribution in [3.8, 4) is 11.1 Å². The summed E-state index contributed by atoms with van der Waals surface area (Å²) < 4.78 is 113. The third kappa shape index (κ3) is 6.67. The minimum atomic E-state index is -4.91. The second-order valence-corrected chi connectivity index (χ2v) is 10.3. The van der Waals surface area contributed by atoms with Gasteiger partial charge in [-0.2, -0.15) is 26.3 Å². The predicted octanol–water partition coefficient (Wildman–Crippen LogP) is 5.48. The third-order valence-corrected chi connectivity index (χ3v) is 7.31. The summed E-state index contributed by atoms with van der Waals surface area (Å²) in [5.41, 5.74) is -4.99. The number of fused-ring (bicyclic) bond motifs is 1. The molecule has 3 N–H and O–H groups in total. The van der Waals surface area contributed by atoms with Gasteiger partial charge >= 0.3 is 18.3 Å². The van der Waals surface area contributed by atoms with Crippen molar-refractivity contribution in [2.45, 2.75) is 51.1 Å². The predicted molar refractivity (Wildman–Crippen MR) is 148 cm³/mol. The van der Waals surface area contributed by atoms with Gasteiger partial charge in [0.15, 0.2) is 0 Å². The van der Waals surface area contributed by atoms with Crippen molar-refractivity contribution >= 4 is 23.2 Å². The molecule has 246 valence electrons.